The average Bonchev–Trinajstić information content (AvgIpc) is 2.41. The largest absolute Gasteiger partial charge is 0.490 e. The smallest absolute Gasteiger partial charge is 0.130 e. The first-order valence-electron chi connectivity index (χ1n) is 7.03. The van der Waals surface area contributed by atoms with Gasteiger partial charge in [-0.25, -0.2) is 0 Å². The zero-order chi connectivity index (χ0) is 13.2. The van der Waals surface area contributed by atoms with Crippen LogP contribution in [0.3, 0.4) is 0 Å². The third-order valence-corrected chi connectivity index (χ3v) is 3.98. The summed E-state index contributed by atoms with van der Waals surface area (Å²) in [6.45, 7) is 2.32. The molecule has 0 spiro atoms. The molecule has 3 heteroatoms. The third-order valence-electron chi connectivity index (χ3n) is 3.98. The SMILES string of the molecule is CC1CCC(Oc2ccnc3cc(N)ccc23)CC1. The number of hydrogen-bond acceptors (Lipinski definition) is 3. The van der Waals surface area contributed by atoms with Gasteiger partial charge in [-0.05, 0) is 55.9 Å². The van der Waals surface area contributed by atoms with Crippen LogP contribution in [0.2, 0.25) is 0 Å². The van der Waals surface area contributed by atoms with Crippen molar-refractivity contribution in [2.45, 2.75) is 38.7 Å². The zero-order valence-electron chi connectivity index (χ0n) is 11.3. The van der Waals surface area contributed by atoms with Crippen LogP contribution < -0.4 is 10.5 Å². The predicted octanol–water partition coefficient (Wildman–Crippen LogP) is 3.77. The van der Waals surface area contributed by atoms with Gasteiger partial charge in [-0.3, -0.25) is 4.98 Å². The molecule has 0 unspecified atom stereocenters. The Morgan fingerprint density at radius 1 is 1.16 bits per heavy atom. The topological polar surface area (TPSA) is 48.1 Å². The van der Waals surface area contributed by atoms with Crippen LogP contribution in [-0.4, -0.2) is 11.1 Å². The molecule has 0 atom stereocenters. The summed E-state index contributed by atoms with van der Waals surface area (Å²) in [5, 5.41) is 1.05. The lowest BCUT2D eigenvalue weighted by atomic mass is 9.89. The van der Waals surface area contributed by atoms with Crippen molar-refractivity contribution in [3.63, 3.8) is 0 Å². The van der Waals surface area contributed by atoms with Crippen LogP contribution in [0.25, 0.3) is 10.9 Å². The predicted molar refractivity (Wildman–Crippen MR) is 78.2 cm³/mol. The summed E-state index contributed by atoms with van der Waals surface area (Å²) >= 11 is 0. The first-order chi connectivity index (χ1) is 9.22. The molecule has 1 aliphatic rings. The number of aromatic nitrogens is 1. The number of rotatable bonds is 2. The molecule has 1 saturated carbocycles. The molecule has 2 aromatic rings. The van der Waals surface area contributed by atoms with E-state index in [4.69, 9.17) is 10.5 Å². The quantitative estimate of drug-likeness (QED) is 0.832. The van der Waals surface area contributed by atoms with Crippen LogP contribution in [0.4, 0.5) is 5.69 Å². The molecule has 0 radical (unpaired) electrons. The lowest BCUT2D eigenvalue weighted by Gasteiger charge is -2.27. The number of nitrogens with two attached hydrogens (primary N) is 1. The second-order valence-corrected chi connectivity index (χ2v) is 5.59. The average molecular weight is 256 g/mol. The highest BCUT2D eigenvalue weighted by Gasteiger charge is 2.20. The zero-order valence-corrected chi connectivity index (χ0v) is 11.3. The molecule has 0 saturated heterocycles. The molecule has 1 heterocycles. The second kappa shape index (κ2) is 5.08. The summed E-state index contributed by atoms with van der Waals surface area (Å²) in [4.78, 5) is 4.35. The summed E-state index contributed by atoms with van der Waals surface area (Å²) in [6, 6.07) is 7.75. The Kier molecular flexibility index (Phi) is 3.28. The molecule has 3 rings (SSSR count). The van der Waals surface area contributed by atoms with Gasteiger partial charge in [0.1, 0.15) is 5.75 Å². The molecule has 1 aromatic carbocycles. The van der Waals surface area contributed by atoms with Crippen LogP contribution in [0, 0.1) is 5.92 Å². The van der Waals surface area contributed by atoms with E-state index in [-0.39, 0.29) is 0 Å². The van der Waals surface area contributed by atoms with Gasteiger partial charge in [-0.1, -0.05) is 6.92 Å². The van der Waals surface area contributed by atoms with Crippen molar-refractivity contribution in [3.8, 4) is 5.75 Å². The van der Waals surface area contributed by atoms with E-state index >= 15 is 0 Å². The van der Waals surface area contributed by atoms with Gasteiger partial charge in [0, 0.05) is 17.3 Å². The Labute approximate surface area is 113 Å². The van der Waals surface area contributed by atoms with Gasteiger partial charge in [0.25, 0.3) is 0 Å². The van der Waals surface area contributed by atoms with Crippen molar-refractivity contribution in [2.24, 2.45) is 5.92 Å². The lowest BCUT2D eigenvalue weighted by Crippen LogP contribution is -2.23. The monoisotopic (exact) mass is 256 g/mol. The lowest BCUT2D eigenvalue weighted by molar-refractivity contribution is 0.137. The number of benzene rings is 1. The Morgan fingerprint density at radius 2 is 1.95 bits per heavy atom. The van der Waals surface area contributed by atoms with E-state index in [0.29, 0.717) is 6.10 Å². The van der Waals surface area contributed by atoms with E-state index in [1.54, 1.807) is 6.20 Å². The number of ether oxygens (including phenoxy) is 1. The number of pyridine rings is 1. The maximum absolute atomic E-state index is 6.18. The van der Waals surface area contributed by atoms with Crippen molar-refractivity contribution in [2.75, 3.05) is 5.73 Å². The van der Waals surface area contributed by atoms with Gasteiger partial charge in [0.15, 0.2) is 0 Å². The molecule has 0 amide bonds. The summed E-state index contributed by atoms with van der Waals surface area (Å²) in [6.07, 6.45) is 6.98. The van der Waals surface area contributed by atoms with E-state index in [0.717, 1.165) is 41.1 Å². The highest BCUT2D eigenvalue weighted by atomic mass is 16.5. The Hall–Kier alpha value is -1.77. The van der Waals surface area contributed by atoms with Gasteiger partial charge in [0.05, 0.1) is 11.6 Å². The van der Waals surface area contributed by atoms with Crippen molar-refractivity contribution in [1.29, 1.82) is 0 Å². The van der Waals surface area contributed by atoms with E-state index < -0.39 is 0 Å². The molecule has 2 N–H and O–H groups in total. The molecule has 1 aliphatic carbocycles. The number of nitrogens with zero attached hydrogens (tertiary/aromatic N) is 1. The number of hydrogen-bond donors (Lipinski definition) is 1. The Balaban J connectivity index is 1.84. The fourth-order valence-electron chi connectivity index (χ4n) is 2.77. The summed E-state index contributed by atoms with van der Waals surface area (Å²) in [5.41, 5.74) is 7.44. The minimum Gasteiger partial charge on any atom is -0.490 e. The molecule has 0 bridgehead atoms. The Bertz CT molecular complexity index is 574. The molecule has 19 heavy (non-hydrogen) atoms. The van der Waals surface area contributed by atoms with E-state index in [1.165, 1.54) is 12.8 Å². The van der Waals surface area contributed by atoms with Crippen molar-refractivity contribution >= 4 is 16.6 Å². The van der Waals surface area contributed by atoms with Crippen LogP contribution in [0.5, 0.6) is 5.75 Å². The molecular formula is C16H20N2O. The van der Waals surface area contributed by atoms with Crippen molar-refractivity contribution in [3.05, 3.63) is 30.5 Å². The van der Waals surface area contributed by atoms with Crippen molar-refractivity contribution in [1.82, 2.24) is 4.98 Å². The van der Waals surface area contributed by atoms with Crippen LogP contribution in [0.1, 0.15) is 32.6 Å². The van der Waals surface area contributed by atoms with E-state index in [2.05, 4.69) is 11.9 Å². The highest BCUT2D eigenvalue weighted by molar-refractivity contribution is 5.87. The maximum Gasteiger partial charge on any atom is 0.130 e. The molecule has 1 fully saturated rings. The molecule has 100 valence electrons. The van der Waals surface area contributed by atoms with Crippen LogP contribution in [-0.2, 0) is 0 Å². The highest BCUT2D eigenvalue weighted by Crippen LogP contribution is 2.31. The van der Waals surface area contributed by atoms with Gasteiger partial charge < -0.3 is 10.5 Å². The number of anilines is 1. The summed E-state index contributed by atoms with van der Waals surface area (Å²) in [7, 11) is 0. The standard InChI is InChI=1S/C16H20N2O/c1-11-2-5-13(6-3-11)19-16-8-9-18-15-10-12(17)4-7-14(15)16/h4,7-11,13H,2-3,5-6,17H2,1H3. The molecule has 1 aromatic heterocycles. The number of fused-ring (bicyclic) bond motifs is 1. The molecule has 0 aliphatic heterocycles. The van der Waals surface area contributed by atoms with Gasteiger partial charge in [-0.15, -0.1) is 0 Å². The third kappa shape index (κ3) is 2.65. The minimum absolute atomic E-state index is 0.347. The first kappa shape index (κ1) is 12.3. The summed E-state index contributed by atoms with van der Waals surface area (Å²) in [5.74, 6) is 1.78. The van der Waals surface area contributed by atoms with Crippen LogP contribution in [0.15, 0.2) is 30.5 Å². The number of nitrogen functional groups attached to an aromatic ring is 1. The second-order valence-electron chi connectivity index (χ2n) is 5.59. The fraction of sp³-hybridized carbons (Fsp3) is 0.438. The van der Waals surface area contributed by atoms with Gasteiger partial charge in [-0.2, -0.15) is 0 Å². The molecular weight excluding hydrogens is 236 g/mol. The normalized spacial score (nSPS) is 23.4. The summed E-state index contributed by atoms with van der Waals surface area (Å²) < 4.78 is 6.18. The van der Waals surface area contributed by atoms with Gasteiger partial charge in [0.2, 0.25) is 0 Å². The van der Waals surface area contributed by atoms with E-state index in [1.807, 2.05) is 24.3 Å². The Morgan fingerprint density at radius 3 is 2.74 bits per heavy atom. The first-order valence-corrected chi connectivity index (χ1v) is 7.03. The fourth-order valence-corrected chi connectivity index (χ4v) is 2.77. The van der Waals surface area contributed by atoms with Crippen molar-refractivity contribution < 1.29 is 4.74 Å². The maximum atomic E-state index is 6.18. The minimum atomic E-state index is 0.347. The molecule has 3 nitrogen and oxygen atoms in total. The van der Waals surface area contributed by atoms with Gasteiger partial charge >= 0.3 is 0 Å². The van der Waals surface area contributed by atoms with Crippen LogP contribution >= 0.6 is 0 Å². The van der Waals surface area contributed by atoms with E-state index in [9.17, 15) is 0 Å².